The van der Waals surface area contributed by atoms with Crippen molar-refractivity contribution in [1.29, 1.82) is 0 Å². The molecule has 134 valence electrons. The van der Waals surface area contributed by atoms with E-state index < -0.39 is 0 Å². The SMILES string of the molecule is C=CCN1CC2CN(c3ccccc3)N=C2c2c1n(C)c(=O)n(C)c2=O. The molecule has 1 aromatic carbocycles. The molecule has 2 aromatic rings. The van der Waals surface area contributed by atoms with E-state index in [0.717, 1.165) is 16.0 Å². The third kappa shape index (κ3) is 2.31. The molecule has 7 nitrogen and oxygen atoms in total. The van der Waals surface area contributed by atoms with E-state index in [0.29, 0.717) is 31.0 Å². The summed E-state index contributed by atoms with van der Waals surface area (Å²) in [6, 6.07) is 9.91. The van der Waals surface area contributed by atoms with E-state index in [4.69, 9.17) is 5.10 Å². The molecule has 0 bridgehead atoms. The summed E-state index contributed by atoms with van der Waals surface area (Å²) in [5.41, 5.74) is 1.65. The van der Waals surface area contributed by atoms with E-state index in [2.05, 4.69) is 6.58 Å². The lowest BCUT2D eigenvalue weighted by molar-refractivity contribution is 0.612. The molecule has 1 aromatic heterocycles. The van der Waals surface area contributed by atoms with Crippen molar-refractivity contribution in [2.75, 3.05) is 29.5 Å². The van der Waals surface area contributed by atoms with Crippen molar-refractivity contribution in [2.24, 2.45) is 25.1 Å². The van der Waals surface area contributed by atoms with Crippen molar-refractivity contribution in [3.63, 3.8) is 0 Å². The van der Waals surface area contributed by atoms with Gasteiger partial charge in [-0.2, -0.15) is 5.10 Å². The summed E-state index contributed by atoms with van der Waals surface area (Å²) in [6.45, 7) is 5.79. The van der Waals surface area contributed by atoms with Gasteiger partial charge in [0, 0.05) is 33.1 Å². The molecule has 0 fully saturated rings. The maximum absolute atomic E-state index is 12.9. The van der Waals surface area contributed by atoms with E-state index in [-0.39, 0.29) is 17.2 Å². The van der Waals surface area contributed by atoms with Gasteiger partial charge in [-0.15, -0.1) is 6.58 Å². The smallest absolute Gasteiger partial charge is 0.332 e. The van der Waals surface area contributed by atoms with Crippen LogP contribution in [0, 0.1) is 5.92 Å². The number of hydrogen-bond donors (Lipinski definition) is 0. The summed E-state index contributed by atoms with van der Waals surface area (Å²) in [6.07, 6.45) is 1.79. The van der Waals surface area contributed by atoms with Gasteiger partial charge in [0.2, 0.25) is 0 Å². The fourth-order valence-electron chi connectivity index (χ4n) is 3.81. The highest BCUT2D eigenvalue weighted by atomic mass is 16.2. The van der Waals surface area contributed by atoms with Crippen LogP contribution in [0.1, 0.15) is 5.56 Å². The number of benzene rings is 1. The quantitative estimate of drug-likeness (QED) is 0.772. The minimum absolute atomic E-state index is 0.104. The van der Waals surface area contributed by atoms with Gasteiger partial charge in [-0.3, -0.25) is 18.9 Å². The zero-order valence-corrected chi connectivity index (χ0v) is 14.9. The van der Waals surface area contributed by atoms with E-state index in [1.807, 2.05) is 40.2 Å². The Kier molecular flexibility index (Phi) is 3.79. The lowest BCUT2D eigenvalue weighted by Gasteiger charge is -2.34. The minimum Gasteiger partial charge on any atom is -0.353 e. The molecule has 0 aliphatic carbocycles. The van der Waals surface area contributed by atoms with Crippen molar-refractivity contribution in [3.8, 4) is 0 Å². The standard InChI is InChI=1S/C19H21N5O2/c1-4-10-23-11-13-12-24(14-8-6-5-7-9-14)20-16(13)15-17(23)21(2)19(26)22(3)18(15)25/h4-9,13H,1,10-12H2,2-3H3. The van der Waals surface area contributed by atoms with Crippen LogP contribution < -0.4 is 21.2 Å². The molecule has 26 heavy (non-hydrogen) atoms. The molecule has 1 atom stereocenters. The second kappa shape index (κ2) is 6.01. The highest BCUT2D eigenvalue weighted by molar-refractivity contribution is 6.09. The number of nitrogens with zero attached hydrogens (tertiary/aromatic N) is 5. The molecule has 1 unspecified atom stereocenters. The molecule has 3 heterocycles. The summed E-state index contributed by atoms with van der Waals surface area (Å²) < 4.78 is 2.69. The fraction of sp³-hybridized carbons (Fsp3) is 0.316. The summed E-state index contributed by atoms with van der Waals surface area (Å²) in [5.74, 6) is 0.732. The molecule has 0 amide bonds. The summed E-state index contributed by atoms with van der Waals surface area (Å²) in [5, 5.41) is 6.69. The second-order valence-corrected chi connectivity index (χ2v) is 6.70. The largest absolute Gasteiger partial charge is 0.353 e. The Morgan fingerprint density at radius 3 is 2.58 bits per heavy atom. The van der Waals surface area contributed by atoms with Crippen LogP contribution in [0.3, 0.4) is 0 Å². The second-order valence-electron chi connectivity index (χ2n) is 6.70. The Bertz CT molecular complexity index is 1020. The number of aromatic nitrogens is 2. The molecule has 0 radical (unpaired) electrons. The van der Waals surface area contributed by atoms with Crippen LogP contribution in [0.4, 0.5) is 11.5 Å². The minimum atomic E-state index is -0.334. The maximum Gasteiger partial charge on any atom is 0.332 e. The highest BCUT2D eigenvalue weighted by Gasteiger charge is 2.39. The first-order valence-electron chi connectivity index (χ1n) is 8.60. The Balaban J connectivity index is 1.92. The van der Waals surface area contributed by atoms with Gasteiger partial charge >= 0.3 is 5.69 Å². The van der Waals surface area contributed by atoms with Crippen LogP contribution in [-0.2, 0) is 14.1 Å². The van der Waals surface area contributed by atoms with Gasteiger partial charge in [-0.1, -0.05) is 24.3 Å². The average molecular weight is 351 g/mol. The molecule has 2 aliphatic heterocycles. The van der Waals surface area contributed by atoms with E-state index >= 15 is 0 Å². The number of hydrogen-bond acceptors (Lipinski definition) is 5. The zero-order valence-electron chi connectivity index (χ0n) is 14.9. The topological polar surface area (TPSA) is 62.8 Å². The van der Waals surface area contributed by atoms with Gasteiger partial charge in [-0.05, 0) is 12.1 Å². The summed E-state index contributed by atoms with van der Waals surface area (Å²) in [4.78, 5) is 27.4. The zero-order chi connectivity index (χ0) is 18.4. The third-order valence-electron chi connectivity index (χ3n) is 5.04. The number of rotatable bonds is 3. The van der Waals surface area contributed by atoms with E-state index in [1.54, 1.807) is 13.1 Å². The number of para-hydroxylation sites is 1. The number of hydrazone groups is 1. The van der Waals surface area contributed by atoms with Crippen LogP contribution >= 0.6 is 0 Å². The predicted molar refractivity (Wildman–Crippen MR) is 103 cm³/mol. The van der Waals surface area contributed by atoms with Gasteiger partial charge in [0.1, 0.15) is 11.4 Å². The molecule has 4 rings (SSSR count). The molecule has 2 aliphatic rings. The van der Waals surface area contributed by atoms with E-state index in [9.17, 15) is 9.59 Å². The van der Waals surface area contributed by atoms with Crippen molar-refractivity contribution >= 4 is 17.2 Å². The normalized spacial score (nSPS) is 18.4. The van der Waals surface area contributed by atoms with Crippen molar-refractivity contribution in [2.45, 2.75) is 0 Å². The van der Waals surface area contributed by atoms with Crippen LogP contribution in [0.25, 0.3) is 0 Å². The van der Waals surface area contributed by atoms with Crippen LogP contribution in [0.5, 0.6) is 0 Å². The third-order valence-corrected chi connectivity index (χ3v) is 5.04. The molecular formula is C19H21N5O2. The lowest BCUT2D eigenvalue weighted by atomic mass is 9.93. The van der Waals surface area contributed by atoms with Gasteiger partial charge < -0.3 is 4.90 Å². The summed E-state index contributed by atoms with van der Waals surface area (Å²) in [7, 11) is 3.21. The molecular weight excluding hydrogens is 330 g/mol. The highest BCUT2D eigenvalue weighted by Crippen LogP contribution is 2.32. The average Bonchev–Trinajstić information content (AvgIpc) is 3.08. The Morgan fingerprint density at radius 1 is 1.15 bits per heavy atom. The molecule has 7 heteroatoms. The number of anilines is 2. The number of fused-ring (bicyclic) bond motifs is 3. The molecule has 0 N–H and O–H groups in total. The van der Waals surface area contributed by atoms with Crippen molar-refractivity contribution < 1.29 is 0 Å². The van der Waals surface area contributed by atoms with Gasteiger partial charge in [0.05, 0.1) is 17.9 Å². The summed E-state index contributed by atoms with van der Waals surface area (Å²) >= 11 is 0. The van der Waals surface area contributed by atoms with Crippen LogP contribution in [0.2, 0.25) is 0 Å². The van der Waals surface area contributed by atoms with Crippen LogP contribution in [0.15, 0.2) is 57.7 Å². The first-order chi connectivity index (χ1) is 12.5. The predicted octanol–water partition coefficient (Wildman–Crippen LogP) is 0.930. The van der Waals surface area contributed by atoms with Crippen molar-refractivity contribution in [3.05, 3.63) is 69.4 Å². The molecule has 0 saturated carbocycles. The van der Waals surface area contributed by atoms with Gasteiger partial charge in [-0.25, -0.2) is 4.79 Å². The molecule has 0 spiro atoms. The van der Waals surface area contributed by atoms with Crippen LogP contribution in [-0.4, -0.2) is 34.5 Å². The first kappa shape index (κ1) is 16.4. The lowest BCUT2D eigenvalue weighted by Crippen LogP contribution is -2.50. The molecule has 0 saturated heterocycles. The first-order valence-corrected chi connectivity index (χ1v) is 8.60. The van der Waals surface area contributed by atoms with Crippen molar-refractivity contribution in [1.82, 2.24) is 9.13 Å². The fourth-order valence-corrected chi connectivity index (χ4v) is 3.81. The Labute approximate surface area is 151 Å². The van der Waals surface area contributed by atoms with Gasteiger partial charge in [0.25, 0.3) is 5.56 Å². The Hall–Kier alpha value is -3.09. The Morgan fingerprint density at radius 2 is 1.88 bits per heavy atom. The monoisotopic (exact) mass is 351 g/mol. The van der Waals surface area contributed by atoms with E-state index in [1.165, 1.54) is 11.6 Å². The maximum atomic E-state index is 12.9. The van der Waals surface area contributed by atoms with Gasteiger partial charge in [0.15, 0.2) is 0 Å².